The molecular weight excluding hydrogens is 304 g/mol. The predicted molar refractivity (Wildman–Crippen MR) is 90.9 cm³/mol. The fourth-order valence-corrected chi connectivity index (χ4v) is 2.36. The second-order valence-corrected chi connectivity index (χ2v) is 5.26. The van der Waals surface area contributed by atoms with Gasteiger partial charge in [-0.05, 0) is 29.8 Å². The van der Waals surface area contributed by atoms with E-state index in [0.29, 0.717) is 5.69 Å². The number of para-hydroxylation sites is 2. The van der Waals surface area contributed by atoms with Gasteiger partial charge in [-0.25, -0.2) is 4.68 Å². The first-order valence-electron chi connectivity index (χ1n) is 7.41. The Morgan fingerprint density at radius 1 is 1.04 bits per heavy atom. The van der Waals surface area contributed by atoms with Gasteiger partial charge in [0, 0.05) is 6.20 Å². The fourth-order valence-electron chi connectivity index (χ4n) is 2.36. The number of carbonyl (C=O) groups is 2. The number of benzene rings is 2. The number of carbonyl (C=O) groups excluding carboxylic acids is 2. The predicted octanol–water partition coefficient (Wildman–Crippen LogP) is 2.15. The van der Waals surface area contributed by atoms with E-state index in [1.165, 1.54) is 0 Å². The van der Waals surface area contributed by atoms with Crippen molar-refractivity contribution in [3.63, 3.8) is 0 Å². The highest BCUT2D eigenvalue weighted by atomic mass is 16.2. The lowest BCUT2D eigenvalue weighted by Crippen LogP contribution is -2.19. The Balaban J connectivity index is 1.70. The highest BCUT2D eigenvalue weighted by molar-refractivity contribution is 6.03. The van der Waals surface area contributed by atoms with Crippen LogP contribution >= 0.6 is 0 Å². The maximum Gasteiger partial charge on any atom is 0.250 e. The molecule has 0 bridgehead atoms. The van der Waals surface area contributed by atoms with Crippen LogP contribution in [0.1, 0.15) is 15.9 Å². The molecular formula is C18H16N4O2. The van der Waals surface area contributed by atoms with Gasteiger partial charge < -0.3 is 11.1 Å². The summed E-state index contributed by atoms with van der Waals surface area (Å²) in [6, 6.07) is 16.3. The molecule has 0 aliphatic rings. The minimum absolute atomic E-state index is 0.153. The Hall–Kier alpha value is -3.41. The molecule has 3 N–H and O–H groups in total. The van der Waals surface area contributed by atoms with E-state index in [0.717, 1.165) is 11.3 Å². The van der Waals surface area contributed by atoms with Crippen molar-refractivity contribution in [2.75, 3.05) is 5.32 Å². The Kier molecular flexibility index (Phi) is 4.38. The Morgan fingerprint density at radius 2 is 1.75 bits per heavy atom. The highest BCUT2D eigenvalue weighted by Gasteiger charge is 2.11. The van der Waals surface area contributed by atoms with E-state index in [1.54, 1.807) is 41.3 Å². The van der Waals surface area contributed by atoms with Crippen molar-refractivity contribution in [3.05, 3.63) is 78.1 Å². The molecule has 2 amide bonds. The number of primary amides is 1. The summed E-state index contributed by atoms with van der Waals surface area (Å²) >= 11 is 0. The summed E-state index contributed by atoms with van der Waals surface area (Å²) in [7, 11) is 0. The molecule has 0 saturated carbocycles. The van der Waals surface area contributed by atoms with Crippen molar-refractivity contribution < 1.29 is 9.59 Å². The van der Waals surface area contributed by atoms with E-state index < -0.39 is 5.91 Å². The minimum atomic E-state index is -0.581. The van der Waals surface area contributed by atoms with Crippen LogP contribution < -0.4 is 11.1 Å². The van der Waals surface area contributed by atoms with E-state index in [9.17, 15) is 9.59 Å². The summed E-state index contributed by atoms with van der Waals surface area (Å²) in [5.41, 5.74) is 7.69. The second-order valence-electron chi connectivity index (χ2n) is 5.26. The molecule has 0 atom stereocenters. The van der Waals surface area contributed by atoms with Crippen molar-refractivity contribution >= 4 is 17.5 Å². The zero-order valence-electron chi connectivity index (χ0n) is 12.8. The fraction of sp³-hybridized carbons (Fsp3) is 0.0556. The Bertz CT molecular complexity index is 871. The first kappa shape index (κ1) is 15.5. The number of nitrogens with one attached hydrogen (secondary N) is 1. The molecule has 120 valence electrons. The summed E-state index contributed by atoms with van der Waals surface area (Å²) in [4.78, 5) is 23.6. The minimum Gasteiger partial charge on any atom is -0.366 e. The van der Waals surface area contributed by atoms with Crippen LogP contribution in [0.3, 0.4) is 0 Å². The average molecular weight is 320 g/mol. The summed E-state index contributed by atoms with van der Waals surface area (Å²) in [6.45, 7) is 0. The summed E-state index contributed by atoms with van der Waals surface area (Å²) in [5, 5.41) is 6.97. The molecule has 0 fully saturated rings. The van der Waals surface area contributed by atoms with Crippen LogP contribution in [0, 0.1) is 0 Å². The van der Waals surface area contributed by atoms with Gasteiger partial charge in [0.2, 0.25) is 5.91 Å². The van der Waals surface area contributed by atoms with Crippen LogP contribution in [0.15, 0.2) is 67.0 Å². The van der Waals surface area contributed by atoms with Crippen LogP contribution in [0.5, 0.6) is 0 Å². The SMILES string of the molecule is NC(=O)c1ccccc1NC(=O)Cc1cnn(-c2ccccc2)c1. The third-order valence-electron chi connectivity index (χ3n) is 3.49. The van der Waals surface area contributed by atoms with Crippen LogP contribution in [-0.2, 0) is 11.2 Å². The first-order chi connectivity index (χ1) is 11.6. The van der Waals surface area contributed by atoms with Crippen LogP contribution in [0.25, 0.3) is 5.69 Å². The van der Waals surface area contributed by atoms with Gasteiger partial charge in [0.1, 0.15) is 0 Å². The van der Waals surface area contributed by atoms with E-state index in [2.05, 4.69) is 10.4 Å². The number of aromatic nitrogens is 2. The number of anilines is 1. The molecule has 2 aromatic carbocycles. The molecule has 6 nitrogen and oxygen atoms in total. The van der Waals surface area contributed by atoms with E-state index >= 15 is 0 Å². The Morgan fingerprint density at radius 3 is 2.50 bits per heavy atom. The molecule has 3 rings (SSSR count). The topological polar surface area (TPSA) is 90.0 Å². The van der Waals surface area contributed by atoms with Gasteiger partial charge in [-0.3, -0.25) is 9.59 Å². The number of nitrogens with zero attached hydrogens (tertiary/aromatic N) is 2. The highest BCUT2D eigenvalue weighted by Crippen LogP contribution is 2.15. The number of hydrogen-bond donors (Lipinski definition) is 2. The normalized spacial score (nSPS) is 10.3. The molecule has 0 radical (unpaired) electrons. The van der Waals surface area contributed by atoms with Crippen LogP contribution in [-0.4, -0.2) is 21.6 Å². The lowest BCUT2D eigenvalue weighted by molar-refractivity contribution is -0.115. The van der Waals surface area contributed by atoms with Gasteiger partial charge >= 0.3 is 0 Å². The third kappa shape index (κ3) is 3.49. The zero-order valence-corrected chi connectivity index (χ0v) is 12.8. The smallest absolute Gasteiger partial charge is 0.250 e. The molecule has 1 aromatic heterocycles. The standard InChI is InChI=1S/C18H16N4O2/c19-18(24)15-8-4-5-9-16(15)21-17(23)10-13-11-20-22(12-13)14-6-2-1-3-7-14/h1-9,11-12H,10H2,(H2,19,24)(H,21,23). The number of amides is 2. The number of hydrogen-bond acceptors (Lipinski definition) is 3. The zero-order chi connectivity index (χ0) is 16.9. The van der Waals surface area contributed by atoms with Gasteiger partial charge in [0.25, 0.3) is 5.91 Å². The number of nitrogens with two attached hydrogens (primary N) is 1. The molecule has 24 heavy (non-hydrogen) atoms. The molecule has 3 aromatic rings. The lowest BCUT2D eigenvalue weighted by Gasteiger charge is -2.08. The van der Waals surface area contributed by atoms with Crippen molar-refractivity contribution in [1.29, 1.82) is 0 Å². The quantitative estimate of drug-likeness (QED) is 0.755. The van der Waals surface area contributed by atoms with Gasteiger partial charge in [-0.15, -0.1) is 0 Å². The van der Waals surface area contributed by atoms with E-state index in [1.807, 2.05) is 30.3 Å². The molecule has 1 heterocycles. The lowest BCUT2D eigenvalue weighted by atomic mass is 10.1. The van der Waals surface area contributed by atoms with Crippen LogP contribution in [0.2, 0.25) is 0 Å². The summed E-state index contributed by atoms with van der Waals surface area (Å²) in [6.07, 6.45) is 3.60. The van der Waals surface area contributed by atoms with Crippen molar-refractivity contribution in [3.8, 4) is 5.69 Å². The van der Waals surface area contributed by atoms with Gasteiger partial charge in [0.15, 0.2) is 0 Å². The van der Waals surface area contributed by atoms with Crippen LogP contribution in [0.4, 0.5) is 5.69 Å². The molecule has 0 spiro atoms. The van der Waals surface area contributed by atoms with Crippen molar-refractivity contribution in [1.82, 2.24) is 9.78 Å². The maximum absolute atomic E-state index is 12.2. The molecule has 0 aliphatic carbocycles. The molecule has 6 heteroatoms. The molecule has 0 aliphatic heterocycles. The van der Waals surface area contributed by atoms with Gasteiger partial charge in [0.05, 0.1) is 29.6 Å². The second kappa shape index (κ2) is 6.78. The number of rotatable bonds is 5. The molecule has 0 unspecified atom stereocenters. The van der Waals surface area contributed by atoms with Gasteiger partial charge in [-0.2, -0.15) is 5.10 Å². The van der Waals surface area contributed by atoms with Crippen molar-refractivity contribution in [2.45, 2.75) is 6.42 Å². The largest absolute Gasteiger partial charge is 0.366 e. The Labute approximate surface area is 138 Å². The maximum atomic E-state index is 12.2. The van der Waals surface area contributed by atoms with Crippen molar-refractivity contribution in [2.24, 2.45) is 5.73 Å². The summed E-state index contributed by atoms with van der Waals surface area (Å²) < 4.78 is 1.71. The van der Waals surface area contributed by atoms with Gasteiger partial charge in [-0.1, -0.05) is 30.3 Å². The first-order valence-corrected chi connectivity index (χ1v) is 7.41. The van der Waals surface area contributed by atoms with E-state index in [-0.39, 0.29) is 17.9 Å². The molecule has 0 saturated heterocycles. The monoisotopic (exact) mass is 320 g/mol. The van der Waals surface area contributed by atoms with E-state index in [4.69, 9.17) is 5.73 Å². The third-order valence-corrected chi connectivity index (χ3v) is 3.49. The summed E-state index contributed by atoms with van der Waals surface area (Å²) in [5.74, 6) is -0.820. The average Bonchev–Trinajstić information content (AvgIpc) is 3.04.